The number of Topliss-reactive ketones (excluding diaryl/α,β-unsaturated/α-hetero) is 1. The molecule has 0 unspecified atom stereocenters. The van der Waals surface area contributed by atoms with Crippen molar-refractivity contribution in [1.29, 1.82) is 0 Å². The summed E-state index contributed by atoms with van der Waals surface area (Å²) in [6, 6.07) is 6.52. The van der Waals surface area contributed by atoms with Gasteiger partial charge in [0, 0.05) is 5.56 Å². The largest absolute Gasteiger partial charge is 0.296 e. The van der Waals surface area contributed by atoms with Crippen LogP contribution >= 0.6 is 0 Å². The van der Waals surface area contributed by atoms with E-state index < -0.39 is 0 Å². The lowest BCUT2D eigenvalue weighted by atomic mass is 10.1. The first-order valence-electron chi connectivity index (χ1n) is 6.52. The third-order valence-corrected chi connectivity index (χ3v) is 3.53. The summed E-state index contributed by atoms with van der Waals surface area (Å²) in [6.07, 6.45) is 4.10. The normalized spacial score (nSPS) is 13.6. The fourth-order valence-electron chi connectivity index (χ4n) is 2.74. The zero-order valence-corrected chi connectivity index (χ0v) is 10.9. The molecule has 0 radical (unpaired) electrons. The van der Waals surface area contributed by atoms with Crippen LogP contribution in [0.1, 0.15) is 19.2 Å². The lowest BCUT2D eigenvalue weighted by Gasteiger charge is -1.98. The average Bonchev–Trinajstić information content (AvgIpc) is 2.94. The average molecular weight is 259 g/mol. The summed E-state index contributed by atoms with van der Waals surface area (Å²) in [5.74, 6) is 1.11. The van der Waals surface area contributed by atoms with Gasteiger partial charge in [-0.2, -0.15) is 0 Å². The van der Waals surface area contributed by atoms with Gasteiger partial charge in [0.25, 0.3) is 5.82 Å². The van der Waals surface area contributed by atoms with E-state index >= 15 is 0 Å². The number of halogens is 1. The number of imidazole rings is 1. The number of hydrogen-bond donors (Lipinski definition) is 0. The number of ketones is 1. The first-order chi connectivity index (χ1) is 9.15. The van der Waals surface area contributed by atoms with Gasteiger partial charge in [0.15, 0.2) is 11.5 Å². The standard InChI is InChI=1S/C15H16FN2O/c1-11(19)9-17-10-14(18-8-2-3-15(17)18)12-4-6-13(16)7-5-12/h4-7,10H,2-3,8-9H2,1H3/q+1. The predicted octanol–water partition coefficient (Wildman–Crippen LogP) is 2.12. The molecule has 0 saturated carbocycles. The minimum absolute atomic E-state index is 0.149. The molecule has 0 spiro atoms. The van der Waals surface area contributed by atoms with Crippen molar-refractivity contribution in [3.63, 3.8) is 0 Å². The molecule has 0 bridgehead atoms. The van der Waals surface area contributed by atoms with Crippen LogP contribution < -0.4 is 4.57 Å². The maximum atomic E-state index is 13.0. The van der Waals surface area contributed by atoms with E-state index in [4.69, 9.17) is 0 Å². The van der Waals surface area contributed by atoms with Crippen molar-refractivity contribution >= 4 is 5.78 Å². The molecule has 0 atom stereocenters. The van der Waals surface area contributed by atoms with Crippen LogP contribution in [0.25, 0.3) is 11.3 Å². The van der Waals surface area contributed by atoms with Crippen LogP contribution in [-0.4, -0.2) is 10.4 Å². The number of rotatable bonds is 3. The van der Waals surface area contributed by atoms with E-state index in [1.54, 1.807) is 19.1 Å². The third kappa shape index (κ3) is 2.18. The molecule has 3 nitrogen and oxygen atoms in total. The summed E-state index contributed by atoms with van der Waals surface area (Å²) in [5.41, 5.74) is 2.06. The van der Waals surface area contributed by atoms with Gasteiger partial charge in [-0.15, -0.1) is 0 Å². The van der Waals surface area contributed by atoms with Crippen LogP contribution in [-0.2, 0) is 24.3 Å². The van der Waals surface area contributed by atoms with Crippen molar-refractivity contribution in [3.8, 4) is 11.3 Å². The highest BCUT2D eigenvalue weighted by Crippen LogP contribution is 2.24. The van der Waals surface area contributed by atoms with E-state index in [0.29, 0.717) is 6.54 Å². The highest BCUT2D eigenvalue weighted by molar-refractivity contribution is 5.74. The number of aromatic nitrogens is 2. The van der Waals surface area contributed by atoms with Crippen LogP contribution in [0.2, 0.25) is 0 Å². The Labute approximate surface area is 111 Å². The van der Waals surface area contributed by atoms with Crippen molar-refractivity contribution < 1.29 is 13.8 Å². The Bertz CT molecular complexity index is 628. The van der Waals surface area contributed by atoms with Gasteiger partial charge in [0.2, 0.25) is 0 Å². The van der Waals surface area contributed by atoms with E-state index in [-0.39, 0.29) is 11.6 Å². The maximum Gasteiger partial charge on any atom is 0.257 e. The van der Waals surface area contributed by atoms with Crippen molar-refractivity contribution in [2.45, 2.75) is 32.9 Å². The summed E-state index contributed by atoms with van der Waals surface area (Å²) in [4.78, 5) is 11.3. The first-order valence-corrected chi connectivity index (χ1v) is 6.52. The molecular formula is C15H16FN2O+. The molecule has 0 aliphatic carbocycles. The van der Waals surface area contributed by atoms with Crippen LogP contribution in [0.5, 0.6) is 0 Å². The Morgan fingerprint density at radius 1 is 1.37 bits per heavy atom. The molecular weight excluding hydrogens is 243 g/mol. The van der Waals surface area contributed by atoms with Gasteiger partial charge in [0.1, 0.15) is 18.6 Å². The number of carbonyl (C=O) groups is 1. The number of nitrogens with zero attached hydrogens (tertiary/aromatic N) is 2. The minimum atomic E-state index is -0.228. The number of hydrogen-bond acceptors (Lipinski definition) is 1. The molecule has 3 rings (SSSR count). The van der Waals surface area contributed by atoms with Crippen LogP contribution in [0.3, 0.4) is 0 Å². The lowest BCUT2D eigenvalue weighted by molar-refractivity contribution is -0.690. The zero-order valence-electron chi connectivity index (χ0n) is 10.9. The van der Waals surface area contributed by atoms with Gasteiger partial charge in [-0.3, -0.25) is 4.79 Å². The highest BCUT2D eigenvalue weighted by atomic mass is 19.1. The van der Waals surface area contributed by atoms with E-state index in [2.05, 4.69) is 4.57 Å². The molecule has 2 aromatic rings. The molecule has 98 valence electrons. The van der Waals surface area contributed by atoms with Gasteiger partial charge >= 0.3 is 0 Å². The number of carbonyl (C=O) groups excluding carboxylic acids is 1. The van der Waals surface area contributed by atoms with E-state index in [0.717, 1.165) is 30.6 Å². The third-order valence-electron chi connectivity index (χ3n) is 3.53. The summed E-state index contributed by atoms with van der Waals surface area (Å²) in [6.45, 7) is 2.98. The molecule has 2 heterocycles. The molecule has 0 saturated heterocycles. The van der Waals surface area contributed by atoms with E-state index in [9.17, 15) is 9.18 Å². The zero-order chi connectivity index (χ0) is 13.4. The smallest absolute Gasteiger partial charge is 0.257 e. The van der Waals surface area contributed by atoms with Gasteiger partial charge in [-0.1, -0.05) is 0 Å². The van der Waals surface area contributed by atoms with Crippen molar-refractivity contribution in [1.82, 2.24) is 4.57 Å². The molecule has 1 aromatic heterocycles. The fourth-order valence-corrected chi connectivity index (χ4v) is 2.74. The van der Waals surface area contributed by atoms with Gasteiger partial charge in [-0.05, 0) is 37.6 Å². The SMILES string of the molecule is CC(=O)C[n+]1cc(-c2ccc(F)cc2)n2c1CCC2. The second-order valence-electron chi connectivity index (χ2n) is 5.02. The molecule has 0 amide bonds. The highest BCUT2D eigenvalue weighted by Gasteiger charge is 2.28. The quantitative estimate of drug-likeness (QED) is 0.775. The number of fused-ring (bicyclic) bond motifs is 1. The van der Waals surface area contributed by atoms with Crippen LogP contribution in [0.4, 0.5) is 4.39 Å². The Hall–Kier alpha value is -1.97. The minimum Gasteiger partial charge on any atom is -0.296 e. The Balaban J connectivity index is 2.07. The van der Waals surface area contributed by atoms with E-state index in [1.807, 2.05) is 10.8 Å². The van der Waals surface area contributed by atoms with Gasteiger partial charge < -0.3 is 0 Å². The van der Waals surface area contributed by atoms with Crippen LogP contribution in [0, 0.1) is 5.82 Å². The van der Waals surface area contributed by atoms with Gasteiger partial charge in [0.05, 0.1) is 13.0 Å². The lowest BCUT2D eigenvalue weighted by Crippen LogP contribution is -2.39. The Morgan fingerprint density at radius 3 is 2.79 bits per heavy atom. The molecule has 4 heteroatoms. The summed E-state index contributed by atoms with van der Waals surface area (Å²) < 4.78 is 17.3. The van der Waals surface area contributed by atoms with Crippen molar-refractivity contribution in [2.24, 2.45) is 0 Å². The summed E-state index contributed by atoms with van der Waals surface area (Å²) in [7, 11) is 0. The molecule has 0 fully saturated rings. The summed E-state index contributed by atoms with van der Waals surface area (Å²) >= 11 is 0. The van der Waals surface area contributed by atoms with Gasteiger partial charge in [-0.25, -0.2) is 13.5 Å². The molecule has 1 aliphatic rings. The molecule has 0 N–H and O–H groups in total. The second-order valence-corrected chi connectivity index (χ2v) is 5.02. The van der Waals surface area contributed by atoms with Crippen molar-refractivity contribution in [2.75, 3.05) is 0 Å². The van der Waals surface area contributed by atoms with Crippen LogP contribution in [0.15, 0.2) is 30.5 Å². The molecule has 19 heavy (non-hydrogen) atoms. The van der Waals surface area contributed by atoms with Crippen molar-refractivity contribution in [3.05, 3.63) is 42.1 Å². The fraction of sp³-hybridized carbons (Fsp3) is 0.333. The van der Waals surface area contributed by atoms with E-state index in [1.165, 1.54) is 18.0 Å². The predicted molar refractivity (Wildman–Crippen MR) is 69.0 cm³/mol. The summed E-state index contributed by atoms with van der Waals surface area (Å²) in [5, 5.41) is 0. The topological polar surface area (TPSA) is 25.9 Å². The molecule has 1 aromatic carbocycles. The second kappa shape index (κ2) is 4.61. The Morgan fingerprint density at radius 2 is 2.11 bits per heavy atom. The molecule has 1 aliphatic heterocycles. The Kier molecular flexibility index (Phi) is 2.93. The monoisotopic (exact) mass is 259 g/mol. The first kappa shape index (κ1) is 12.1. The number of benzene rings is 1. The maximum absolute atomic E-state index is 13.0.